The third-order valence-electron chi connectivity index (χ3n) is 7.30. The molecule has 2 fully saturated rings. The monoisotopic (exact) mass is 481 g/mol. The summed E-state index contributed by atoms with van der Waals surface area (Å²) in [5.41, 5.74) is 3.55. The predicted octanol–water partition coefficient (Wildman–Crippen LogP) is 3.72. The Kier molecular flexibility index (Phi) is 5.98. The highest BCUT2D eigenvalue weighted by molar-refractivity contribution is 7.89. The van der Waals surface area contributed by atoms with Crippen molar-refractivity contribution in [2.75, 3.05) is 23.3 Å². The molecule has 8 heteroatoms. The number of para-hydroxylation sites is 1. The number of amides is 2. The fraction of sp³-hybridized carbons (Fsp3) is 0.462. The van der Waals surface area contributed by atoms with E-state index in [0.29, 0.717) is 32.4 Å². The number of aryl methyl sites for hydroxylation is 1. The number of nitrogens with one attached hydrogen (secondary N) is 1. The van der Waals surface area contributed by atoms with Crippen LogP contribution in [-0.2, 0) is 26.0 Å². The lowest BCUT2D eigenvalue weighted by Crippen LogP contribution is -2.41. The second-order valence-corrected chi connectivity index (χ2v) is 11.7. The fourth-order valence-corrected chi connectivity index (χ4v) is 6.61. The van der Waals surface area contributed by atoms with Crippen LogP contribution in [0.25, 0.3) is 0 Å². The van der Waals surface area contributed by atoms with E-state index in [2.05, 4.69) is 5.32 Å². The first kappa shape index (κ1) is 23.1. The van der Waals surface area contributed by atoms with E-state index in [4.69, 9.17) is 0 Å². The van der Waals surface area contributed by atoms with Crippen molar-refractivity contribution in [3.63, 3.8) is 0 Å². The van der Waals surface area contributed by atoms with Gasteiger partial charge in [0.15, 0.2) is 0 Å². The minimum absolute atomic E-state index is 0.0450. The molecule has 2 heterocycles. The number of rotatable bonds is 5. The Balaban J connectivity index is 1.26. The number of sulfonamides is 1. The van der Waals surface area contributed by atoms with Crippen molar-refractivity contribution < 1.29 is 18.0 Å². The van der Waals surface area contributed by atoms with Gasteiger partial charge in [-0.3, -0.25) is 9.59 Å². The molecule has 1 unspecified atom stereocenters. The maximum Gasteiger partial charge on any atom is 0.243 e. The summed E-state index contributed by atoms with van der Waals surface area (Å²) >= 11 is 0. The molecule has 34 heavy (non-hydrogen) atoms. The van der Waals surface area contributed by atoms with Crippen LogP contribution in [0.1, 0.15) is 43.7 Å². The summed E-state index contributed by atoms with van der Waals surface area (Å²) in [5.74, 6) is 0.0150. The SMILES string of the molecule is Cc1ccccc1NC(=O)C1CCN(S(=O)(=O)c2ccc3c(c2)CC(C)N3C(=O)C2CC2)CC1. The third-order valence-corrected chi connectivity index (χ3v) is 9.19. The van der Waals surface area contributed by atoms with E-state index in [9.17, 15) is 18.0 Å². The molecule has 5 rings (SSSR count). The highest BCUT2D eigenvalue weighted by Gasteiger charge is 2.40. The summed E-state index contributed by atoms with van der Waals surface area (Å²) in [6.45, 7) is 4.59. The second-order valence-electron chi connectivity index (χ2n) is 9.81. The van der Waals surface area contributed by atoms with E-state index in [-0.39, 0.29) is 34.6 Å². The number of hydrogen-bond donors (Lipinski definition) is 1. The van der Waals surface area contributed by atoms with Gasteiger partial charge in [0.25, 0.3) is 0 Å². The highest BCUT2D eigenvalue weighted by atomic mass is 32.2. The van der Waals surface area contributed by atoms with Crippen LogP contribution < -0.4 is 10.2 Å². The first-order valence-electron chi connectivity index (χ1n) is 12.1. The van der Waals surface area contributed by atoms with Crippen molar-refractivity contribution in [3.05, 3.63) is 53.6 Å². The number of fused-ring (bicyclic) bond motifs is 1. The van der Waals surface area contributed by atoms with Gasteiger partial charge in [0, 0.05) is 42.3 Å². The predicted molar refractivity (Wildman–Crippen MR) is 131 cm³/mol. The zero-order valence-corrected chi connectivity index (χ0v) is 20.5. The molecule has 180 valence electrons. The van der Waals surface area contributed by atoms with Crippen LogP contribution in [0.4, 0.5) is 11.4 Å². The van der Waals surface area contributed by atoms with E-state index in [1.54, 1.807) is 18.2 Å². The molecule has 1 aliphatic carbocycles. The summed E-state index contributed by atoms with van der Waals surface area (Å²) in [6, 6.07) is 12.8. The number of anilines is 2. The van der Waals surface area contributed by atoms with Gasteiger partial charge in [-0.2, -0.15) is 4.31 Å². The number of carbonyl (C=O) groups is 2. The third kappa shape index (κ3) is 4.25. The van der Waals surface area contributed by atoms with Crippen molar-refractivity contribution in [2.24, 2.45) is 11.8 Å². The Morgan fingerprint density at radius 1 is 0.971 bits per heavy atom. The number of benzene rings is 2. The van der Waals surface area contributed by atoms with Gasteiger partial charge in [-0.15, -0.1) is 0 Å². The number of hydrogen-bond acceptors (Lipinski definition) is 4. The van der Waals surface area contributed by atoms with Gasteiger partial charge in [0.2, 0.25) is 21.8 Å². The molecule has 3 aliphatic rings. The zero-order valence-electron chi connectivity index (χ0n) is 19.7. The molecule has 0 bridgehead atoms. The largest absolute Gasteiger partial charge is 0.326 e. The topological polar surface area (TPSA) is 86.8 Å². The van der Waals surface area contributed by atoms with Gasteiger partial charge >= 0.3 is 0 Å². The zero-order chi connectivity index (χ0) is 24.0. The van der Waals surface area contributed by atoms with Crippen molar-refractivity contribution in [1.29, 1.82) is 0 Å². The van der Waals surface area contributed by atoms with Crippen LogP contribution in [0.5, 0.6) is 0 Å². The summed E-state index contributed by atoms with van der Waals surface area (Å²) in [5, 5.41) is 2.98. The smallest absolute Gasteiger partial charge is 0.243 e. The molecule has 1 atom stereocenters. The van der Waals surface area contributed by atoms with Crippen molar-refractivity contribution in [3.8, 4) is 0 Å². The summed E-state index contributed by atoms with van der Waals surface area (Å²) in [4.78, 5) is 27.5. The lowest BCUT2D eigenvalue weighted by Gasteiger charge is -2.30. The maximum absolute atomic E-state index is 13.4. The molecular weight excluding hydrogens is 450 g/mol. The quantitative estimate of drug-likeness (QED) is 0.705. The van der Waals surface area contributed by atoms with E-state index in [1.165, 1.54) is 4.31 Å². The molecule has 0 spiro atoms. The van der Waals surface area contributed by atoms with Gasteiger partial charge in [0.1, 0.15) is 0 Å². The molecule has 2 aromatic rings. The van der Waals surface area contributed by atoms with Gasteiger partial charge in [0.05, 0.1) is 4.90 Å². The summed E-state index contributed by atoms with van der Waals surface area (Å²) < 4.78 is 28.2. The van der Waals surface area contributed by atoms with Crippen LogP contribution in [0.15, 0.2) is 47.4 Å². The Morgan fingerprint density at radius 3 is 2.35 bits per heavy atom. The van der Waals surface area contributed by atoms with Gasteiger partial charge in [-0.25, -0.2) is 8.42 Å². The van der Waals surface area contributed by atoms with Crippen LogP contribution in [0.3, 0.4) is 0 Å². The average molecular weight is 482 g/mol. The van der Waals surface area contributed by atoms with Crippen LogP contribution in [-0.4, -0.2) is 43.7 Å². The molecule has 1 saturated heterocycles. The van der Waals surface area contributed by atoms with Gasteiger partial charge in [-0.1, -0.05) is 18.2 Å². The molecule has 2 aliphatic heterocycles. The normalized spacial score (nSPS) is 21.4. The average Bonchev–Trinajstić information content (AvgIpc) is 3.62. The van der Waals surface area contributed by atoms with Crippen molar-refractivity contribution in [2.45, 2.75) is 56.9 Å². The Bertz CT molecular complexity index is 1230. The molecule has 0 radical (unpaired) electrons. The Hall–Kier alpha value is -2.71. The van der Waals surface area contributed by atoms with Crippen molar-refractivity contribution >= 4 is 33.2 Å². The number of nitrogens with zero attached hydrogens (tertiary/aromatic N) is 2. The standard InChI is InChI=1S/C26H31N3O4S/c1-17-5-3-4-6-23(17)27-25(30)19-11-13-28(14-12-19)34(32,33)22-9-10-24-21(16-22)15-18(2)29(24)26(31)20-7-8-20/h3-6,9-10,16,18-20H,7-8,11-15H2,1-2H3,(H,27,30). The minimum Gasteiger partial charge on any atom is -0.326 e. The summed E-state index contributed by atoms with van der Waals surface area (Å²) in [7, 11) is -3.66. The molecule has 2 amide bonds. The van der Waals surface area contributed by atoms with Crippen LogP contribution in [0.2, 0.25) is 0 Å². The molecule has 7 nitrogen and oxygen atoms in total. The fourth-order valence-electron chi connectivity index (χ4n) is 5.09. The number of carbonyl (C=O) groups excluding carboxylic acids is 2. The van der Waals surface area contributed by atoms with Gasteiger partial charge < -0.3 is 10.2 Å². The molecule has 2 aromatic carbocycles. The van der Waals surface area contributed by atoms with Gasteiger partial charge in [-0.05, 0) is 81.3 Å². The Morgan fingerprint density at radius 2 is 1.68 bits per heavy atom. The van der Waals surface area contributed by atoms with Crippen molar-refractivity contribution in [1.82, 2.24) is 4.31 Å². The first-order chi connectivity index (χ1) is 16.3. The maximum atomic E-state index is 13.4. The molecule has 1 saturated carbocycles. The lowest BCUT2D eigenvalue weighted by molar-refractivity contribution is -0.121. The minimum atomic E-state index is -3.66. The van der Waals surface area contributed by atoms with E-state index >= 15 is 0 Å². The highest BCUT2D eigenvalue weighted by Crippen LogP contribution is 2.40. The molecular formula is C26H31N3O4S. The van der Waals surface area contributed by atoms with E-state index in [0.717, 1.165) is 35.3 Å². The van der Waals surface area contributed by atoms with Crippen LogP contribution >= 0.6 is 0 Å². The number of piperidine rings is 1. The van der Waals surface area contributed by atoms with E-state index < -0.39 is 10.0 Å². The lowest BCUT2D eigenvalue weighted by atomic mass is 9.97. The molecule has 0 aromatic heterocycles. The van der Waals surface area contributed by atoms with E-state index in [1.807, 2.05) is 43.0 Å². The first-order valence-corrected chi connectivity index (χ1v) is 13.5. The Labute approximate surface area is 201 Å². The summed E-state index contributed by atoms with van der Waals surface area (Å²) in [6.07, 6.45) is 3.54. The second kappa shape index (κ2) is 8.82. The van der Waals surface area contributed by atoms with Crippen LogP contribution in [0, 0.1) is 18.8 Å². The molecule has 1 N–H and O–H groups in total.